The van der Waals surface area contributed by atoms with Gasteiger partial charge in [-0.25, -0.2) is 0 Å². The van der Waals surface area contributed by atoms with E-state index in [1.165, 1.54) is 7.11 Å². The molecule has 0 aliphatic rings. The number of carbonyl (C=O) groups excluding carboxylic acids is 2. The van der Waals surface area contributed by atoms with Crippen molar-refractivity contribution in [2.24, 2.45) is 0 Å². The summed E-state index contributed by atoms with van der Waals surface area (Å²) in [6.45, 7) is 4.67. The number of methoxy groups -OCH3 is 1. The summed E-state index contributed by atoms with van der Waals surface area (Å²) >= 11 is 0. The molecule has 1 N–H and O–H groups in total. The highest BCUT2D eigenvalue weighted by molar-refractivity contribution is 6.01. The van der Waals surface area contributed by atoms with Crippen molar-refractivity contribution in [1.82, 2.24) is 5.32 Å². The van der Waals surface area contributed by atoms with Crippen LogP contribution in [0.3, 0.4) is 0 Å². The zero-order chi connectivity index (χ0) is 14.3. The van der Waals surface area contributed by atoms with Crippen LogP contribution in [0.25, 0.3) is 0 Å². The van der Waals surface area contributed by atoms with Crippen LogP contribution >= 0.6 is 0 Å². The van der Waals surface area contributed by atoms with Gasteiger partial charge < -0.3 is 10.1 Å². The summed E-state index contributed by atoms with van der Waals surface area (Å²) < 4.78 is 4.63. The summed E-state index contributed by atoms with van der Waals surface area (Å²) in [5.41, 5.74) is 1.71. The van der Waals surface area contributed by atoms with Crippen molar-refractivity contribution < 1.29 is 14.3 Å². The number of ketones is 1. The molecule has 1 atom stereocenters. The predicted molar refractivity (Wildman–Crippen MR) is 74.2 cm³/mol. The Labute approximate surface area is 114 Å². The monoisotopic (exact) mass is 263 g/mol. The van der Waals surface area contributed by atoms with Gasteiger partial charge in [-0.3, -0.25) is 9.59 Å². The minimum Gasteiger partial charge on any atom is -0.469 e. The van der Waals surface area contributed by atoms with E-state index in [9.17, 15) is 9.59 Å². The van der Waals surface area contributed by atoms with Crippen LogP contribution < -0.4 is 5.32 Å². The van der Waals surface area contributed by atoms with E-state index in [-0.39, 0.29) is 18.2 Å². The van der Waals surface area contributed by atoms with Crippen molar-refractivity contribution in [3.05, 3.63) is 35.4 Å². The van der Waals surface area contributed by atoms with Gasteiger partial charge in [0.05, 0.1) is 19.6 Å². The Balaban J connectivity index is 2.80. The number of rotatable bonds is 7. The lowest BCUT2D eigenvalue weighted by Crippen LogP contribution is -2.39. The van der Waals surface area contributed by atoms with E-state index in [4.69, 9.17) is 0 Å². The first-order valence-corrected chi connectivity index (χ1v) is 6.49. The fraction of sp³-hybridized carbons (Fsp3) is 0.467. The molecule has 19 heavy (non-hydrogen) atoms. The first-order valence-electron chi connectivity index (χ1n) is 6.49. The number of aryl methyl sites for hydroxylation is 1. The molecule has 0 aliphatic carbocycles. The van der Waals surface area contributed by atoms with Crippen LogP contribution in [0.2, 0.25) is 0 Å². The molecular formula is C15H21NO3. The molecule has 0 amide bonds. The van der Waals surface area contributed by atoms with E-state index in [1.807, 2.05) is 26.0 Å². The number of hydrogen-bond acceptors (Lipinski definition) is 4. The van der Waals surface area contributed by atoms with Crippen LogP contribution in [0.5, 0.6) is 0 Å². The Kier molecular flexibility index (Phi) is 6.22. The van der Waals surface area contributed by atoms with Crippen molar-refractivity contribution in [2.45, 2.75) is 32.7 Å². The smallest absolute Gasteiger partial charge is 0.307 e. The molecule has 4 heteroatoms. The van der Waals surface area contributed by atoms with E-state index in [1.54, 1.807) is 12.1 Å². The van der Waals surface area contributed by atoms with Crippen molar-refractivity contribution >= 4 is 11.8 Å². The maximum absolute atomic E-state index is 12.3. The summed E-state index contributed by atoms with van der Waals surface area (Å²) in [6, 6.07) is 6.84. The van der Waals surface area contributed by atoms with Crippen LogP contribution in [0.15, 0.2) is 24.3 Å². The molecule has 1 unspecified atom stereocenters. The first-order chi connectivity index (χ1) is 9.08. The van der Waals surface area contributed by atoms with E-state index in [0.29, 0.717) is 12.1 Å². The first kappa shape index (κ1) is 15.4. The molecule has 0 bridgehead atoms. The van der Waals surface area contributed by atoms with Gasteiger partial charge in [-0.1, -0.05) is 36.8 Å². The Morgan fingerprint density at radius 3 is 2.42 bits per heavy atom. The van der Waals surface area contributed by atoms with Crippen LogP contribution in [-0.4, -0.2) is 31.4 Å². The van der Waals surface area contributed by atoms with Gasteiger partial charge in [0, 0.05) is 5.56 Å². The standard InChI is InChI=1S/C15H21NO3/c1-4-9-16-13(10-14(17)19-3)15(18)12-7-5-11(2)6-8-12/h5-8,13,16H,4,9-10H2,1-3H3. The summed E-state index contributed by atoms with van der Waals surface area (Å²) in [5, 5.41) is 3.10. The molecule has 1 aromatic rings. The molecule has 0 spiro atoms. The lowest BCUT2D eigenvalue weighted by Gasteiger charge is -2.16. The van der Waals surface area contributed by atoms with Crippen molar-refractivity contribution in [3.63, 3.8) is 0 Å². The van der Waals surface area contributed by atoms with E-state index >= 15 is 0 Å². The van der Waals surface area contributed by atoms with Gasteiger partial charge in [0.2, 0.25) is 0 Å². The van der Waals surface area contributed by atoms with Gasteiger partial charge >= 0.3 is 5.97 Å². The van der Waals surface area contributed by atoms with E-state index in [2.05, 4.69) is 10.1 Å². The number of ether oxygens (including phenoxy) is 1. The van der Waals surface area contributed by atoms with Crippen LogP contribution in [0, 0.1) is 6.92 Å². The second-order valence-corrected chi connectivity index (χ2v) is 4.52. The number of hydrogen-bond donors (Lipinski definition) is 1. The van der Waals surface area contributed by atoms with Gasteiger partial charge in [-0.15, -0.1) is 0 Å². The zero-order valence-electron chi connectivity index (χ0n) is 11.7. The molecule has 0 radical (unpaired) electrons. The molecular weight excluding hydrogens is 242 g/mol. The average molecular weight is 263 g/mol. The second-order valence-electron chi connectivity index (χ2n) is 4.52. The molecule has 0 saturated carbocycles. The highest BCUT2D eigenvalue weighted by Gasteiger charge is 2.22. The number of nitrogens with one attached hydrogen (secondary N) is 1. The molecule has 0 heterocycles. The van der Waals surface area contributed by atoms with Crippen LogP contribution in [0.1, 0.15) is 35.7 Å². The molecule has 0 fully saturated rings. The van der Waals surface area contributed by atoms with Gasteiger partial charge in [0.1, 0.15) is 0 Å². The molecule has 0 aromatic heterocycles. The number of carbonyl (C=O) groups is 2. The normalized spacial score (nSPS) is 11.9. The largest absolute Gasteiger partial charge is 0.469 e. The molecule has 0 saturated heterocycles. The maximum Gasteiger partial charge on any atom is 0.307 e. The molecule has 1 rings (SSSR count). The highest BCUT2D eigenvalue weighted by atomic mass is 16.5. The zero-order valence-corrected chi connectivity index (χ0v) is 11.7. The SMILES string of the molecule is CCCNC(CC(=O)OC)C(=O)c1ccc(C)cc1. The van der Waals surface area contributed by atoms with Gasteiger partial charge in [-0.2, -0.15) is 0 Å². The lowest BCUT2D eigenvalue weighted by atomic mass is 10.0. The Morgan fingerprint density at radius 2 is 1.89 bits per heavy atom. The fourth-order valence-electron chi connectivity index (χ4n) is 1.75. The second kappa shape index (κ2) is 7.69. The van der Waals surface area contributed by atoms with Gasteiger partial charge in [-0.05, 0) is 19.9 Å². The molecule has 104 valence electrons. The van der Waals surface area contributed by atoms with Gasteiger partial charge in [0.15, 0.2) is 5.78 Å². The van der Waals surface area contributed by atoms with Crippen LogP contribution in [0.4, 0.5) is 0 Å². The Hall–Kier alpha value is -1.68. The summed E-state index contributed by atoms with van der Waals surface area (Å²) in [6.07, 6.45) is 0.960. The number of benzene rings is 1. The van der Waals surface area contributed by atoms with E-state index in [0.717, 1.165) is 12.0 Å². The third kappa shape index (κ3) is 4.83. The topological polar surface area (TPSA) is 55.4 Å². The quantitative estimate of drug-likeness (QED) is 0.604. The average Bonchev–Trinajstić information content (AvgIpc) is 2.43. The third-order valence-corrected chi connectivity index (χ3v) is 2.89. The minimum absolute atomic E-state index is 0.0587. The number of esters is 1. The summed E-state index contributed by atoms with van der Waals surface area (Å²) in [7, 11) is 1.33. The highest BCUT2D eigenvalue weighted by Crippen LogP contribution is 2.09. The molecule has 4 nitrogen and oxygen atoms in total. The number of Topliss-reactive ketones (excluding diaryl/α,β-unsaturated/α-hetero) is 1. The van der Waals surface area contributed by atoms with Crippen molar-refractivity contribution in [2.75, 3.05) is 13.7 Å². The van der Waals surface area contributed by atoms with Gasteiger partial charge in [0.25, 0.3) is 0 Å². The maximum atomic E-state index is 12.3. The molecule has 0 aliphatic heterocycles. The van der Waals surface area contributed by atoms with Crippen molar-refractivity contribution in [3.8, 4) is 0 Å². The minimum atomic E-state index is -0.518. The van der Waals surface area contributed by atoms with Crippen molar-refractivity contribution in [1.29, 1.82) is 0 Å². The van der Waals surface area contributed by atoms with Crippen LogP contribution in [-0.2, 0) is 9.53 Å². The summed E-state index contributed by atoms with van der Waals surface area (Å²) in [5.74, 6) is -0.451. The predicted octanol–water partition coefficient (Wildman–Crippen LogP) is 2.11. The molecule has 1 aromatic carbocycles. The Morgan fingerprint density at radius 1 is 1.26 bits per heavy atom. The third-order valence-electron chi connectivity index (χ3n) is 2.89. The lowest BCUT2D eigenvalue weighted by molar-refractivity contribution is -0.140. The Bertz CT molecular complexity index is 426. The summed E-state index contributed by atoms with van der Waals surface area (Å²) in [4.78, 5) is 23.7. The fourth-order valence-corrected chi connectivity index (χ4v) is 1.75. The van der Waals surface area contributed by atoms with E-state index < -0.39 is 6.04 Å².